The molecule has 2 rings (SSSR count). The van der Waals surface area contributed by atoms with E-state index in [0.29, 0.717) is 10.3 Å². The summed E-state index contributed by atoms with van der Waals surface area (Å²) in [5.74, 6) is -1.13. The zero-order valence-electron chi connectivity index (χ0n) is 11.4. The predicted molar refractivity (Wildman–Crippen MR) is 88.9 cm³/mol. The van der Waals surface area contributed by atoms with Gasteiger partial charge in [0.05, 0.1) is 3.79 Å². The third-order valence-corrected chi connectivity index (χ3v) is 8.75. The first-order valence-corrected chi connectivity index (χ1v) is 10.7. The van der Waals surface area contributed by atoms with E-state index in [1.165, 1.54) is 6.07 Å². The minimum atomic E-state index is -3.70. The Morgan fingerprint density at radius 1 is 1.52 bits per heavy atom. The lowest BCUT2D eigenvalue weighted by molar-refractivity contribution is 0.0702. The van der Waals surface area contributed by atoms with E-state index in [-0.39, 0.29) is 14.5 Å². The normalized spacial score (nSPS) is 18.0. The van der Waals surface area contributed by atoms with Gasteiger partial charge < -0.3 is 5.11 Å². The van der Waals surface area contributed by atoms with E-state index in [1.807, 2.05) is 6.26 Å². The molecular weight excluding hydrogens is 398 g/mol. The fraction of sp³-hybridized carbons (Fsp3) is 0.583. The van der Waals surface area contributed by atoms with Crippen LogP contribution in [0.25, 0.3) is 0 Å². The molecule has 0 aliphatic heterocycles. The van der Waals surface area contributed by atoms with E-state index in [9.17, 15) is 13.2 Å². The fourth-order valence-corrected chi connectivity index (χ4v) is 6.95. The second kappa shape index (κ2) is 6.57. The molecule has 0 spiro atoms. The summed E-state index contributed by atoms with van der Waals surface area (Å²) < 4.78 is 27.7. The molecule has 1 aromatic heterocycles. The Labute approximate surface area is 140 Å². The van der Waals surface area contributed by atoms with Crippen LogP contribution in [0.4, 0.5) is 0 Å². The van der Waals surface area contributed by atoms with Crippen molar-refractivity contribution in [3.05, 3.63) is 14.7 Å². The lowest BCUT2D eigenvalue weighted by atomic mass is 10.1. The number of sulfonamides is 1. The molecule has 118 valence electrons. The van der Waals surface area contributed by atoms with Crippen molar-refractivity contribution in [1.29, 1.82) is 0 Å². The third kappa shape index (κ3) is 3.82. The van der Waals surface area contributed by atoms with Crippen molar-refractivity contribution in [2.75, 3.05) is 12.8 Å². The standard InChI is InChI=1S/C12H16BrNO4S3/c1-19-12(4-2-3-5-12)7-14-21(17,18)9-6-8(11(15)16)20-10(9)13/h6,14H,2-5,7H2,1H3,(H,15,16). The summed E-state index contributed by atoms with van der Waals surface area (Å²) in [6.45, 7) is 0.376. The third-order valence-electron chi connectivity index (χ3n) is 3.69. The maximum absolute atomic E-state index is 12.4. The average Bonchev–Trinajstić information content (AvgIpc) is 3.04. The molecule has 1 aliphatic rings. The number of carboxylic acids is 1. The molecule has 1 heterocycles. The Morgan fingerprint density at radius 2 is 2.14 bits per heavy atom. The van der Waals surface area contributed by atoms with Crippen LogP contribution >= 0.6 is 39.0 Å². The van der Waals surface area contributed by atoms with Gasteiger partial charge in [0.25, 0.3) is 0 Å². The van der Waals surface area contributed by atoms with Crippen molar-refractivity contribution in [1.82, 2.24) is 4.72 Å². The van der Waals surface area contributed by atoms with Crippen molar-refractivity contribution in [2.45, 2.75) is 35.3 Å². The Hall–Kier alpha value is -0.0900. The van der Waals surface area contributed by atoms with Crippen LogP contribution in [0.15, 0.2) is 14.7 Å². The minimum absolute atomic E-state index is 0.000787. The van der Waals surface area contributed by atoms with Crippen LogP contribution in [0.5, 0.6) is 0 Å². The molecular formula is C12H16BrNO4S3. The van der Waals surface area contributed by atoms with E-state index in [0.717, 1.165) is 37.0 Å². The van der Waals surface area contributed by atoms with E-state index < -0.39 is 16.0 Å². The summed E-state index contributed by atoms with van der Waals surface area (Å²) in [5, 5.41) is 8.94. The molecule has 0 saturated heterocycles. The summed E-state index contributed by atoms with van der Waals surface area (Å²) >= 11 is 5.74. The van der Waals surface area contributed by atoms with Gasteiger partial charge in [-0.2, -0.15) is 11.8 Å². The highest BCUT2D eigenvalue weighted by atomic mass is 79.9. The summed E-state index contributed by atoms with van der Waals surface area (Å²) in [6.07, 6.45) is 6.24. The molecule has 0 bridgehead atoms. The van der Waals surface area contributed by atoms with Crippen LogP contribution in [0.2, 0.25) is 0 Å². The van der Waals surface area contributed by atoms with Crippen LogP contribution < -0.4 is 4.72 Å². The van der Waals surface area contributed by atoms with E-state index in [1.54, 1.807) is 11.8 Å². The second-order valence-electron chi connectivity index (χ2n) is 4.97. The molecule has 1 saturated carbocycles. The number of carbonyl (C=O) groups is 1. The molecule has 2 N–H and O–H groups in total. The maximum atomic E-state index is 12.4. The van der Waals surface area contributed by atoms with Crippen LogP contribution in [0.1, 0.15) is 35.4 Å². The van der Waals surface area contributed by atoms with Gasteiger partial charge in [-0.25, -0.2) is 17.9 Å². The van der Waals surface area contributed by atoms with Crippen molar-refractivity contribution in [2.24, 2.45) is 0 Å². The number of nitrogens with one attached hydrogen (secondary N) is 1. The van der Waals surface area contributed by atoms with E-state index >= 15 is 0 Å². The first-order chi connectivity index (χ1) is 9.80. The highest BCUT2D eigenvalue weighted by molar-refractivity contribution is 9.11. The topological polar surface area (TPSA) is 83.5 Å². The van der Waals surface area contributed by atoms with Gasteiger partial charge in [0.15, 0.2) is 0 Å². The van der Waals surface area contributed by atoms with Gasteiger partial charge in [0, 0.05) is 11.3 Å². The zero-order valence-corrected chi connectivity index (χ0v) is 15.4. The lowest BCUT2D eigenvalue weighted by Gasteiger charge is -2.26. The molecule has 0 unspecified atom stereocenters. The van der Waals surface area contributed by atoms with Gasteiger partial charge in [0.1, 0.15) is 9.77 Å². The first-order valence-electron chi connectivity index (χ1n) is 6.37. The Bertz CT molecular complexity index is 635. The average molecular weight is 414 g/mol. The number of aromatic carboxylic acids is 1. The van der Waals surface area contributed by atoms with E-state index in [4.69, 9.17) is 5.11 Å². The maximum Gasteiger partial charge on any atom is 0.345 e. The molecule has 0 amide bonds. The molecule has 21 heavy (non-hydrogen) atoms. The predicted octanol–water partition coefficient (Wildman–Crippen LogP) is 3.16. The van der Waals surface area contributed by atoms with Crippen LogP contribution in [-0.2, 0) is 10.0 Å². The highest BCUT2D eigenvalue weighted by Gasteiger charge is 2.35. The van der Waals surface area contributed by atoms with Crippen molar-refractivity contribution in [3.63, 3.8) is 0 Å². The number of thioether (sulfide) groups is 1. The summed E-state index contributed by atoms with van der Waals surface area (Å²) in [7, 11) is -3.70. The molecule has 0 atom stereocenters. The molecule has 0 aromatic carbocycles. The number of carboxylic acid groups (broad SMARTS) is 1. The summed E-state index contributed by atoms with van der Waals surface area (Å²) in [6, 6.07) is 1.19. The smallest absolute Gasteiger partial charge is 0.345 e. The Morgan fingerprint density at radius 3 is 2.62 bits per heavy atom. The van der Waals surface area contributed by atoms with Gasteiger partial charge in [-0.05, 0) is 41.1 Å². The largest absolute Gasteiger partial charge is 0.477 e. The van der Waals surface area contributed by atoms with Crippen LogP contribution in [-0.4, -0.2) is 37.0 Å². The zero-order chi connectivity index (χ0) is 15.7. The number of hydrogen-bond donors (Lipinski definition) is 2. The fourth-order valence-electron chi connectivity index (χ4n) is 2.42. The van der Waals surface area contributed by atoms with Gasteiger partial charge in [-0.15, -0.1) is 11.3 Å². The molecule has 9 heteroatoms. The molecule has 1 aromatic rings. The Kier molecular flexibility index (Phi) is 5.40. The summed E-state index contributed by atoms with van der Waals surface area (Å²) in [4.78, 5) is 10.9. The monoisotopic (exact) mass is 413 g/mol. The van der Waals surface area contributed by atoms with Crippen LogP contribution in [0, 0.1) is 0 Å². The molecule has 5 nitrogen and oxygen atoms in total. The summed E-state index contributed by atoms with van der Waals surface area (Å²) in [5.41, 5.74) is 0. The van der Waals surface area contributed by atoms with Crippen molar-refractivity contribution in [3.8, 4) is 0 Å². The van der Waals surface area contributed by atoms with Crippen molar-refractivity contribution < 1.29 is 18.3 Å². The van der Waals surface area contributed by atoms with Crippen LogP contribution in [0.3, 0.4) is 0 Å². The van der Waals surface area contributed by atoms with Gasteiger partial charge in [-0.1, -0.05) is 12.8 Å². The highest BCUT2D eigenvalue weighted by Crippen LogP contribution is 2.40. The Balaban J connectivity index is 2.17. The molecule has 0 radical (unpaired) electrons. The van der Waals surface area contributed by atoms with Gasteiger partial charge >= 0.3 is 5.97 Å². The lowest BCUT2D eigenvalue weighted by Crippen LogP contribution is -2.38. The number of hydrogen-bond acceptors (Lipinski definition) is 5. The SMILES string of the molecule is CSC1(CNS(=O)(=O)c2cc(C(=O)O)sc2Br)CCCC1. The van der Waals surface area contributed by atoms with Gasteiger partial charge in [0.2, 0.25) is 10.0 Å². The first kappa shape index (κ1) is 17.3. The molecule has 1 aliphatic carbocycles. The van der Waals surface area contributed by atoms with Gasteiger partial charge in [-0.3, -0.25) is 0 Å². The van der Waals surface area contributed by atoms with Crippen molar-refractivity contribution >= 4 is 55.0 Å². The number of thiophene rings is 1. The quantitative estimate of drug-likeness (QED) is 0.747. The number of halogens is 1. The molecule has 1 fully saturated rings. The number of rotatable bonds is 6. The second-order valence-corrected chi connectivity index (χ2v) is 10.4. The minimum Gasteiger partial charge on any atom is -0.477 e. The van der Waals surface area contributed by atoms with E-state index in [2.05, 4.69) is 20.7 Å².